The van der Waals surface area contributed by atoms with Gasteiger partial charge in [-0.05, 0) is 43.7 Å². The second kappa shape index (κ2) is 9.94. The van der Waals surface area contributed by atoms with Gasteiger partial charge in [0.2, 0.25) is 5.91 Å². The van der Waals surface area contributed by atoms with Crippen molar-refractivity contribution in [3.8, 4) is 0 Å². The first kappa shape index (κ1) is 20.7. The zero-order valence-corrected chi connectivity index (χ0v) is 17.5. The lowest BCUT2D eigenvalue weighted by atomic mass is 9.73. The molecular weight excluding hydrogens is 356 g/mol. The average Bonchev–Trinajstić information content (AvgIpc) is 2.66. The van der Waals surface area contributed by atoms with Crippen LogP contribution in [0.1, 0.15) is 46.0 Å². The molecule has 0 unspecified atom stereocenters. The van der Waals surface area contributed by atoms with Crippen molar-refractivity contribution in [3.63, 3.8) is 0 Å². The first-order chi connectivity index (χ1) is 13.0. The summed E-state index contributed by atoms with van der Waals surface area (Å²) in [4.78, 5) is 15.3. The monoisotopic (exact) mass is 390 g/mol. The second-order valence-electron chi connectivity index (χ2n) is 8.34. The number of carbonyl (C=O) groups is 1. The molecule has 3 rings (SSSR count). The van der Waals surface area contributed by atoms with Crippen molar-refractivity contribution >= 4 is 17.7 Å². The minimum atomic E-state index is -0.548. The predicted molar refractivity (Wildman–Crippen MR) is 112 cm³/mol. The lowest BCUT2D eigenvalue weighted by Crippen LogP contribution is -2.54. The van der Waals surface area contributed by atoms with Crippen molar-refractivity contribution in [2.24, 2.45) is 11.8 Å². The summed E-state index contributed by atoms with van der Waals surface area (Å²) in [5.74, 6) is 2.27. The number of thioether (sulfide) groups is 1. The highest BCUT2D eigenvalue weighted by Crippen LogP contribution is 2.38. The summed E-state index contributed by atoms with van der Waals surface area (Å²) >= 11 is 1.69. The quantitative estimate of drug-likeness (QED) is 0.699. The maximum absolute atomic E-state index is 11.7. The lowest BCUT2D eigenvalue weighted by Gasteiger charge is -2.46. The van der Waals surface area contributed by atoms with Crippen LogP contribution in [0.2, 0.25) is 0 Å². The molecule has 5 heteroatoms. The molecule has 1 heterocycles. The number of nitrogens with zero attached hydrogens (tertiary/aromatic N) is 1. The van der Waals surface area contributed by atoms with E-state index in [-0.39, 0.29) is 11.9 Å². The van der Waals surface area contributed by atoms with Gasteiger partial charge in [-0.2, -0.15) is 0 Å². The van der Waals surface area contributed by atoms with Gasteiger partial charge in [0, 0.05) is 36.7 Å². The Morgan fingerprint density at radius 1 is 1.26 bits per heavy atom. The fraction of sp³-hybridized carbons (Fsp3) is 0.682. The Kier molecular flexibility index (Phi) is 7.62. The summed E-state index contributed by atoms with van der Waals surface area (Å²) in [5.41, 5.74) is 0. The summed E-state index contributed by atoms with van der Waals surface area (Å²) in [5, 5.41) is 13.9. The van der Waals surface area contributed by atoms with Crippen LogP contribution in [-0.4, -0.2) is 52.9 Å². The Balaban J connectivity index is 1.57. The van der Waals surface area contributed by atoms with Crippen molar-refractivity contribution in [1.82, 2.24) is 10.2 Å². The second-order valence-corrected chi connectivity index (χ2v) is 9.44. The van der Waals surface area contributed by atoms with Crippen LogP contribution in [0.3, 0.4) is 0 Å². The molecule has 1 amide bonds. The summed E-state index contributed by atoms with van der Waals surface area (Å²) in [7, 11) is 0. The van der Waals surface area contributed by atoms with Crippen LogP contribution < -0.4 is 5.32 Å². The number of likely N-dealkylation sites (tertiary alicyclic amines) is 1. The van der Waals surface area contributed by atoms with Gasteiger partial charge in [0.25, 0.3) is 0 Å². The fourth-order valence-corrected chi connectivity index (χ4v) is 5.77. The highest BCUT2D eigenvalue weighted by atomic mass is 32.2. The maximum Gasteiger partial charge on any atom is 0.217 e. The number of nitrogens with one attached hydrogen (secondary N) is 1. The normalized spacial score (nSPS) is 28.2. The van der Waals surface area contributed by atoms with Gasteiger partial charge in [-0.25, -0.2) is 0 Å². The molecule has 2 aliphatic rings. The van der Waals surface area contributed by atoms with Gasteiger partial charge in [0.05, 0.1) is 12.1 Å². The van der Waals surface area contributed by atoms with Gasteiger partial charge in [-0.15, -0.1) is 11.8 Å². The zero-order valence-electron chi connectivity index (χ0n) is 16.6. The van der Waals surface area contributed by atoms with E-state index in [1.807, 2.05) is 18.2 Å². The summed E-state index contributed by atoms with van der Waals surface area (Å²) < 4.78 is 0. The number of hydrogen-bond donors (Lipinski definition) is 2. The zero-order chi connectivity index (χ0) is 19.2. The minimum Gasteiger partial charge on any atom is -0.390 e. The highest BCUT2D eigenvalue weighted by molar-refractivity contribution is 7.99. The van der Waals surface area contributed by atoms with Crippen LogP contribution in [0.15, 0.2) is 35.2 Å². The largest absolute Gasteiger partial charge is 0.390 e. The molecule has 1 saturated carbocycles. The molecule has 1 aliphatic heterocycles. The number of carbonyl (C=O) groups excluding carboxylic acids is 1. The molecule has 1 aliphatic carbocycles. The third kappa shape index (κ3) is 5.97. The molecule has 0 bridgehead atoms. The minimum absolute atomic E-state index is 0.0771. The van der Waals surface area contributed by atoms with Crippen molar-refractivity contribution < 1.29 is 9.90 Å². The van der Waals surface area contributed by atoms with Crippen LogP contribution in [0.5, 0.6) is 0 Å². The molecule has 4 nitrogen and oxygen atoms in total. The van der Waals surface area contributed by atoms with Crippen LogP contribution in [0.4, 0.5) is 0 Å². The van der Waals surface area contributed by atoms with E-state index in [9.17, 15) is 9.90 Å². The third-order valence-corrected chi connectivity index (χ3v) is 7.38. The van der Waals surface area contributed by atoms with Crippen molar-refractivity contribution in [2.75, 3.05) is 18.8 Å². The molecular formula is C22H34N2O2S. The molecule has 27 heavy (non-hydrogen) atoms. The Morgan fingerprint density at radius 3 is 2.67 bits per heavy atom. The number of fused-ring (bicyclic) bond motifs is 1. The van der Waals surface area contributed by atoms with Gasteiger partial charge in [0.15, 0.2) is 0 Å². The van der Waals surface area contributed by atoms with Gasteiger partial charge in [-0.3, -0.25) is 9.69 Å². The van der Waals surface area contributed by atoms with E-state index in [1.165, 1.54) is 39.0 Å². The van der Waals surface area contributed by atoms with Crippen LogP contribution in [0, 0.1) is 11.8 Å². The molecule has 0 aromatic heterocycles. The third-order valence-electron chi connectivity index (χ3n) is 6.25. The number of aliphatic hydroxyl groups excluding tert-OH is 1. The van der Waals surface area contributed by atoms with E-state index in [1.54, 1.807) is 11.8 Å². The van der Waals surface area contributed by atoms with Crippen molar-refractivity contribution in [2.45, 2.75) is 69.0 Å². The molecule has 0 spiro atoms. The van der Waals surface area contributed by atoms with Crippen LogP contribution >= 0.6 is 11.8 Å². The number of benzene rings is 1. The number of rotatable bonds is 7. The van der Waals surface area contributed by atoms with E-state index < -0.39 is 6.10 Å². The summed E-state index contributed by atoms with van der Waals surface area (Å²) in [6.07, 6.45) is 6.16. The molecule has 0 radical (unpaired) electrons. The molecule has 1 aromatic carbocycles. The number of β-amino-alcohol motifs (C(OH)–C–C–N with tert-alkyl or cyclic N) is 1. The SMILES string of the molecule is CC(=O)N[C@@H](CSc1ccccc1)[C@H](O)CN1C[C@H]2CCCC[C@H]2C[C@H]1C. The Labute approximate surface area is 168 Å². The van der Waals surface area contributed by atoms with Gasteiger partial charge in [-0.1, -0.05) is 37.5 Å². The fourth-order valence-electron chi connectivity index (χ4n) is 4.74. The number of aliphatic hydroxyl groups is 1. The van der Waals surface area contributed by atoms with E-state index in [2.05, 4.69) is 29.3 Å². The summed E-state index contributed by atoms with van der Waals surface area (Å²) in [6.45, 7) is 5.57. The van der Waals surface area contributed by atoms with E-state index in [0.29, 0.717) is 18.3 Å². The Hall–Kier alpha value is -1.04. The molecule has 1 aromatic rings. The molecule has 150 valence electrons. The topological polar surface area (TPSA) is 52.6 Å². The first-order valence-electron chi connectivity index (χ1n) is 10.4. The number of hydrogen-bond acceptors (Lipinski definition) is 4. The lowest BCUT2D eigenvalue weighted by molar-refractivity contribution is -0.120. The van der Waals surface area contributed by atoms with Crippen LogP contribution in [0.25, 0.3) is 0 Å². The summed E-state index contributed by atoms with van der Waals surface area (Å²) in [6, 6.07) is 10.4. The van der Waals surface area contributed by atoms with Crippen molar-refractivity contribution in [3.05, 3.63) is 30.3 Å². The Morgan fingerprint density at radius 2 is 1.96 bits per heavy atom. The smallest absolute Gasteiger partial charge is 0.217 e. The van der Waals surface area contributed by atoms with Crippen LogP contribution in [-0.2, 0) is 4.79 Å². The predicted octanol–water partition coefficient (Wildman–Crippen LogP) is 3.54. The average molecular weight is 391 g/mol. The highest BCUT2D eigenvalue weighted by Gasteiger charge is 2.36. The number of piperidine rings is 1. The molecule has 1 saturated heterocycles. The van der Waals surface area contributed by atoms with Crippen molar-refractivity contribution in [1.29, 1.82) is 0 Å². The molecule has 2 N–H and O–H groups in total. The molecule has 5 atom stereocenters. The van der Waals surface area contributed by atoms with Gasteiger partial charge < -0.3 is 10.4 Å². The first-order valence-corrected chi connectivity index (χ1v) is 11.4. The maximum atomic E-state index is 11.7. The van der Waals surface area contributed by atoms with E-state index >= 15 is 0 Å². The van der Waals surface area contributed by atoms with E-state index in [4.69, 9.17) is 0 Å². The van der Waals surface area contributed by atoms with Gasteiger partial charge >= 0.3 is 0 Å². The van der Waals surface area contributed by atoms with Gasteiger partial charge in [0.1, 0.15) is 0 Å². The standard InChI is InChI=1S/C22H34N2O2S/c1-16-12-18-8-6-7-9-19(18)13-24(16)14-22(26)21(23-17(2)25)15-27-20-10-4-3-5-11-20/h3-5,10-11,16,18-19,21-22,26H,6-9,12-15H2,1-2H3,(H,23,25)/t16-,18+,19-,21+,22-/m1/s1. The van der Waals surface area contributed by atoms with E-state index in [0.717, 1.165) is 23.3 Å². The number of amides is 1. The Bertz CT molecular complexity index is 597. The molecule has 2 fully saturated rings.